The number of hydrogen-bond acceptors (Lipinski definition) is 4. The molecule has 0 saturated carbocycles. The largest absolute Gasteiger partial charge is 0.494 e. The van der Waals surface area contributed by atoms with Crippen LogP contribution in [0.3, 0.4) is 0 Å². The van der Waals surface area contributed by atoms with Crippen molar-refractivity contribution in [2.24, 2.45) is 16.6 Å². The second kappa shape index (κ2) is 11.4. The van der Waals surface area contributed by atoms with Crippen LogP contribution >= 0.6 is 0 Å². The molecule has 1 aromatic rings. The number of nitriles is 1. The van der Waals surface area contributed by atoms with Gasteiger partial charge in [0.1, 0.15) is 5.75 Å². The van der Waals surface area contributed by atoms with Gasteiger partial charge in [0.2, 0.25) is 0 Å². The Kier molecular flexibility index (Phi) is 8.77. The van der Waals surface area contributed by atoms with E-state index in [4.69, 9.17) is 20.7 Å². The van der Waals surface area contributed by atoms with Crippen molar-refractivity contribution < 1.29 is 4.74 Å². The van der Waals surface area contributed by atoms with Crippen LogP contribution in [0, 0.1) is 17.2 Å². The summed E-state index contributed by atoms with van der Waals surface area (Å²) in [5, 5.41) is 12.0. The molecule has 1 aliphatic rings. The van der Waals surface area contributed by atoms with E-state index in [1.807, 2.05) is 24.3 Å². The van der Waals surface area contributed by atoms with E-state index in [9.17, 15) is 0 Å². The molecule has 1 aromatic carbocycles. The van der Waals surface area contributed by atoms with Crippen LogP contribution in [0.2, 0.25) is 0 Å². The van der Waals surface area contributed by atoms with Crippen LogP contribution in [-0.4, -0.2) is 43.6 Å². The third-order valence-electron chi connectivity index (χ3n) is 4.52. The maximum atomic E-state index is 8.55. The summed E-state index contributed by atoms with van der Waals surface area (Å²) in [6, 6.07) is 9.92. The number of nitrogens with zero attached hydrogens (tertiary/aromatic N) is 3. The first-order chi connectivity index (χ1) is 12.7. The van der Waals surface area contributed by atoms with E-state index in [-0.39, 0.29) is 0 Å². The van der Waals surface area contributed by atoms with E-state index in [2.05, 4.69) is 23.2 Å². The van der Waals surface area contributed by atoms with Crippen molar-refractivity contribution in [1.82, 2.24) is 10.2 Å². The molecule has 2 rings (SSSR count). The van der Waals surface area contributed by atoms with Crippen LogP contribution in [0.15, 0.2) is 29.3 Å². The average molecular weight is 358 g/mol. The van der Waals surface area contributed by atoms with Gasteiger partial charge in [-0.25, -0.2) is 4.99 Å². The summed E-state index contributed by atoms with van der Waals surface area (Å²) in [4.78, 5) is 7.16. The number of aliphatic imine (C=N–C) groups is 1. The molecule has 0 aliphatic carbocycles. The molecule has 6 nitrogen and oxygen atoms in total. The minimum absolute atomic E-state index is 0.522. The van der Waals surface area contributed by atoms with Gasteiger partial charge in [-0.15, -0.1) is 0 Å². The van der Waals surface area contributed by atoms with E-state index in [0.29, 0.717) is 19.6 Å². The molecule has 0 bridgehead atoms. The highest BCUT2D eigenvalue weighted by Gasteiger charge is 2.18. The zero-order chi connectivity index (χ0) is 18.6. The SMILES string of the molecule is CC1CCN(/C(=N\c2ccc(OCCCC#N)cc2)NCCCN)CC1. The third kappa shape index (κ3) is 6.93. The number of rotatable bonds is 8. The summed E-state index contributed by atoms with van der Waals surface area (Å²) in [7, 11) is 0. The monoisotopic (exact) mass is 357 g/mol. The molecule has 0 radical (unpaired) electrons. The summed E-state index contributed by atoms with van der Waals surface area (Å²) in [6.07, 6.45) is 4.60. The Morgan fingerprint density at radius 1 is 1.31 bits per heavy atom. The Balaban J connectivity index is 1.98. The van der Waals surface area contributed by atoms with Crippen molar-refractivity contribution >= 4 is 11.6 Å². The molecule has 1 saturated heterocycles. The lowest BCUT2D eigenvalue weighted by Gasteiger charge is -2.33. The Bertz CT molecular complexity index is 585. The highest BCUT2D eigenvalue weighted by molar-refractivity contribution is 5.82. The minimum atomic E-state index is 0.522. The average Bonchev–Trinajstić information content (AvgIpc) is 2.66. The second-order valence-electron chi connectivity index (χ2n) is 6.78. The van der Waals surface area contributed by atoms with Gasteiger partial charge >= 0.3 is 0 Å². The molecule has 0 atom stereocenters. The molecule has 0 unspecified atom stereocenters. The first kappa shape index (κ1) is 20.1. The molecule has 1 aliphatic heterocycles. The lowest BCUT2D eigenvalue weighted by Crippen LogP contribution is -2.45. The zero-order valence-electron chi connectivity index (χ0n) is 15.8. The fourth-order valence-corrected chi connectivity index (χ4v) is 2.83. The van der Waals surface area contributed by atoms with E-state index in [1.165, 1.54) is 12.8 Å². The zero-order valence-corrected chi connectivity index (χ0v) is 15.8. The van der Waals surface area contributed by atoms with Crippen LogP contribution in [0.25, 0.3) is 0 Å². The quantitative estimate of drug-likeness (QED) is 0.424. The molecule has 1 fully saturated rings. The topological polar surface area (TPSA) is 86.7 Å². The lowest BCUT2D eigenvalue weighted by molar-refractivity contribution is 0.274. The Morgan fingerprint density at radius 3 is 2.69 bits per heavy atom. The number of hydrogen-bond donors (Lipinski definition) is 2. The second-order valence-corrected chi connectivity index (χ2v) is 6.78. The predicted molar refractivity (Wildman–Crippen MR) is 106 cm³/mol. The molecule has 26 heavy (non-hydrogen) atoms. The number of likely N-dealkylation sites (tertiary alicyclic amines) is 1. The highest BCUT2D eigenvalue weighted by Crippen LogP contribution is 2.21. The first-order valence-electron chi connectivity index (χ1n) is 9.60. The van der Waals surface area contributed by atoms with E-state index >= 15 is 0 Å². The van der Waals surface area contributed by atoms with Crippen LogP contribution in [0.1, 0.15) is 39.0 Å². The smallest absolute Gasteiger partial charge is 0.199 e. The van der Waals surface area contributed by atoms with Crippen molar-refractivity contribution in [3.8, 4) is 11.8 Å². The molecule has 1 heterocycles. The third-order valence-corrected chi connectivity index (χ3v) is 4.52. The van der Waals surface area contributed by atoms with Crippen LogP contribution in [0.5, 0.6) is 5.75 Å². The van der Waals surface area contributed by atoms with Crippen LogP contribution in [-0.2, 0) is 0 Å². The maximum absolute atomic E-state index is 8.55. The Hall–Kier alpha value is -2.26. The van der Waals surface area contributed by atoms with Crippen LogP contribution in [0.4, 0.5) is 5.69 Å². The van der Waals surface area contributed by atoms with Gasteiger partial charge in [0, 0.05) is 26.1 Å². The lowest BCUT2D eigenvalue weighted by atomic mass is 9.99. The predicted octanol–water partition coefficient (Wildman–Crippen LogP) is 3.03. The number of nitrogens with one attached hydrogen (secondary N) is 1. The molecule has 0 aromatic heterocycles. The van der Waals surface area contributed by atoms with Gasteiger partial charge < -0.3 is 20.7 Å². The van der Waals surface area contributed by atoms with Gasteiger partial charge in [-0.05, 0) is 62.4 Å². The highest BCUT2D eigenvalue weighted by atomic mass is 16.5. The molecule has 142 valence electrons. The fourth-order valence-electron chi connectivity index (χ4n) is 2.83. The minimum Gasteiger partial charge on any atom is -0.494 e. The number of unbranched alkanes of at least 4 members (excludes halogenated alkanes) is 1. The summed E-state index contributed by atoms with van der Waals surface area (Å²) in [5.41, 5.74) is 6.52. The van der Waals surface area contributed by atoms with Gasteiger partial charge in [-0.1, -0.05) is 6.92 Å². The Labute approximate surface area is 157 Å². The molecule has 0 spiro atoms. The molecular weight excluding hydrogens is 326 g/mol. The number of benzene rings is 1. The van der Waals surface area contributed by atoms with Gasteiger partial charge in [-0.3, -0.25) is 0 Å². The first-order valence-corrected chi connectivity index (χ1v) is 9.60. The maximum Gasteiger partial charge on any atom is 0.199 e. The molecular formula is C20H31N5O. The summed E-state index contributed by atoms with van der Waals surface area (Å²) >= 11 is 0. The Morgan fingerprint density at radius 2 is 2.04 bits per heavy atom. The standard InChI is InChI=1S/C20H31N5O/c1-17-9-14-25(15-10-17)20(23-13-4-12-22)24-18-5-7-19(8-6-18)26-16-3-2-11-21/h5-8,17H,2-4,9-10,12-16,22H2,1H3,(H,23,24). The van der Waals surface area contributed by atoms with E-state index in [0.717, 1.165) is 55.8 Å². The van der Waals surface area contributed by atoms with Crippen LogP contribution < -0.4 is 15.8 Å². The van der Waals surface area contributed by atoms with Crippen molar-refractivity contribution in [2.45, 2.75) is 39.0 Å². The number of nitrogens with two attached hydrogens (primary N) is 1. The molecule has 0 amide bonds. The number of piperidine rings is 1. The van der Waals surface area contributed by atoms with Gasteiger partial charge in [0.15, 0.2) is 5.96 Å². The van der Waals surface area contributed by atoms with Crippen molar-refractivity contribution in [3.05, 3.63) is 24.3 Å². The number of ether oxygens (including phenoxy) is 1. The van der Waals surface area contributed by atoms with Crippen molar-refractivity contribution in [3.63, 3.8) is 0 Å². The van der Waals surface area contributed by atoms with Crippen molar-refractivity contribution in [1.29, 1.82) is 5.26 Å². The van der Waals surface area contributed by atoms with E-state index < -0.39 is 0 Å². The molecule has 3 N–H and O–H groups in total. The van der Waals surface area contributed by atoms with Gasteiger partial charge in [0.05, 0.1) is 18.4 Å². The summed E-state index contributed by atoms with van der Waals surface area (Å²) < 4.78 is 5.64. The van der Waals surface area contributed by atoms with E-state index in [1.54, 1.807) is 0 Å². The molecule has 6 heteroatoms. The van der Waals surface area contributed by atoms with Crippen molar-refractivity contribution in [2.75, 3.05) is 32.8 Å². The van der Waals surface area contributed by atoms with Gasteiger partial charge in [-0.2, -0.15) is 5.26 Å². The summed E-state index contributed by atoms with van der Waals surface area (Å²) in [6.45, 7) is 6.46. The normalized spacial score (nSPS) is 15.6. The van der Waals surface area contributed by atoms with Gasteiger partial charge in [0.25, 0.3) is 0 Å². The summed E-state index contributed by atoms with van der Waals surface area (Å²) in [5.74, 6) is 2.54. The fraction of sp³-hybridized carbons (Fsp3) is 0.600. The number of guanidine groups is 1.